The molecule has 2 aromatic rings. The van der Waals surface area contributed by atoms with E-state index in [0.29, 0.717) is 12.2 Å². The fourth-order valence-electron chi connectivity index (χ4n) is 3.23. The lowest BCUT2D eigenvalue weighted by Gasteiger charge is -2.16. The fourth-order valence-corrected chi connectivity index (χ4v) is 3.23. The number of ether oxygens (including phenoxy) is 3. The molecule has 0 bridgehead atoms. The molecule has 7 nitrogen and oxygen atoms in total. The minimum absolute atomic E-state index is 0.0174. The van der Waals surface area contributed by atoms with E-state index >= 15 is 0 Å². The number of phenols is 2. The van der Waals surface area contributed by atoms with Crippen LogP contribution in [0, 0.1) is 11.8 Å². The molecule has 27 heavy (non-hydrogen) atoms. The number of aromatic hydroxyl groups is 2. The first-order chi connectivity index (χ1) is 12.9. The molecule has 2 aromatic carbocycles. The highest BCUT2D eigenvalue weighted by Gasteiger charge is 2.42. The van der Waals surface area contributed by atoms with Gasteiger partial charge in [0.15, 0.2) is 28.8 Å². The smallest absolute Gasteiger partial charge is 0.317 e. The molecule has 0 amide bonds. The van der Waals surface area contributed by atoms with Gasteiger partial charge in [-0.1, -0.05) is 6.07 Å². The Morgan fingerprint density at radius 1 is 1.07 bits per heavy atom. The van der Waals surface area contributed by atoms with E-state index in [2.05, 4.69) is 0 Å². The molecule has 2 N–H and O–H groups in total. The second-order valence-corrected chi connectivity index (χ2v) is 6.33. The highest BCUT2D eigenvalue weighted by molar-refractivity contribution is 6.09. The average Bonchev–Trinajstić information content (AvgIpc) is 3.03. The number of methoxy groups -OCH3 is 2. The molecule has 3 rings (SSSR count). The summed E-state index contributed by atoms with van der Waals surface area (Å²) in [6.07, 6.45) is 0.411. The first kappa shape index (κ1) is 18.6. The maximum absolute atomic E-state index is 12.9. The Balaban J connectivity index is 1.85. The Hall–Kier alpha value is -3.22. The number of ketones is 1. The van der Waals surface area contributed by atoms with Gasteiger partial charge in [0.25, 0.3) is 0 Å². The van der Waals surface area contributed by atoms with E-state index in [-0.39, 0.29) is 41.1 Å². The Labute approximate surface area is 156 Å². The van der Waals surface area contributed by atoms with E-state index in [0.717, 1.165) is 5.56 Å². The summed E-state index contributed by atoms with van der Waals surface area (Å²) in [5.74, 6) is -1.83. The van der Waals surface area contributed by atoms with Crippen molar-refractivity contribution in [2.45, 2.75) is 6.42 Å². The molecule has 1 heterocycles. The lowest BCUT2D eigenvalue weighted by molar-refractivity contribution is -0.140. The van der Waals surface area contributed by atoms with Crippen molar-refractivity contribution < 1.29 is 34.0 Å². The molecule has 1 saturated heterocycles. The van der Waals surface area contributed by atoms with Crippen LogP contribution in [0.15, 0.2) is 36.4 Å². The predicted octanol–water partition coefficient (Wildman–Crippen LogP) is 2.33. The summed E-state index contributed by atoms with van der Waals surface area (Å²) >= 11 is 0. The highest BCUT2D eigenvalue weighted by Crippen LogP contribution is 2.34. The molecular weight excluding hydrogens is 352 g/mol. The van der Waals surface area contributed by atoms with Crippen LogP contribution in [0.1, 0.15) is 15.9 Å². The largest absolute Gasteiger partial charge is 0.504 e. The lowest BCUT2D eigenvalue weighted by Crippen LogP contribution is -2.27. The Morgan fingerprint density at radius 3 is 2.37 bits per heavy atom. The highest BCUT2D eigenvalue weighted by atomic mass is 16.5. The number of benzene rings is 2. The number of esters is 1. The molecule has 0 radical (unpaired) electrons. The van der Waals surface area contributed by atoms with E-state index in [9.17, 15) is 19.8 Å². The van der Waals surface area contributed by atoms with Crippen LogP contribution in [0.2, 0.25) is 0 Å². The van der Waals surface area contributed by atoms with Crippen molar-refractivity contribution in [3.8, 4) is 23.0 Å². The zero-order chi connectivity index (χ0) is 19.6. The van der Waals surface area contributed by atoms with Gasteiger partial charge in [-0.25, -0.2) is 0 Å². The van der Waals surface area contributed by atoms with Crippen molar-refractivity contribution in [3.63, 3.8) is 0 Å². The molecule has 0 spiro atoms. The molecule has 0 aromatic heterocycles. The van der Waals surface area contributed by atoms with E-state index in [1.165, 1.54) is 38.5 Å². The van der Waals surface area contributed by atoms with Crippen molar-refractivity contribution in [1.29, 1.82) is 0 Å². The van der Waals surface area contributed by atoms with Crippen LogP contribution >= 0.6 is 0 Å². The number of hydrogen-bond acceptors (Lipinski definition) is 7. The second-order valence-electron chi connectivity index (χ2n) is 6.33. The third kappa shape index (κ3) is 3.67. The summed E-state index contributed by atoms with van der Waals surface area (Å²) in [6.45, 7) is 0.133. The molecule has 0 aliphatic carbocycles. The zero-order valence-electron chi connectivity index (χ0n) is 15.0. The predicted molar refractivity (Wildman–Crippen MR) is 95.3 cm³/mol. The van der Waals surface area contributed by atoms with Gasteiger partial charge in [-0.15, -0.1) is 0 Å². The fraction of sp³-hybridized carbons (Fsp3) is 0.300. The Morgan fingerprint density at radius 2 is 1.70 bits per heavy atom. The molecule has 1 fully saturated rings. The van der Waals surface area contributed by atoms with Crippen molar-refractivity contribution in [1.82, 2.24) is 0 Å². The molecule has 142 valence electrons. The molecule has 7 heteroatoms. The molecule has 1 aliphatic heterocycles. The van der Waals surface area contributed by atoms with Crippen LogP contribution in [-0.2, 0) is 16.0 Å². The maximum atomic E-state index is 12.9. The zero-order valence-corrected chi connectivity index (χ0v) is 15.0. The number of Topliss-reactive ketones (excluding diaryl/α,β-unsaturated/α-hetero) is 1. The third-order valence-electron chi connectivity index (χ3n) is 4.65. The number of phenolic OH excluding ortho intramolecular Hbond substituents is 2. The maximum Gasteiger partial charge on any atom is 0.317 e. The van der Waals surface area contributed by atoms with Crippen LogP contribution in [0.3, 0.4) is 0 Å². The van der Waals surface area contributed by atoms with Crippen molar-refractivity contribution in [2.24, 2.45) is 11.8 Å². The van der Waals surface area contributed by atoms with Gasteiger partial charge < -0.3 is 24.4 Å². The van der Waals surface area contributed by atoms with E-state index in [1.807, 2.05) is 0 Å². The molecule has 1 aliphatic rings. The van der Waals surface area contributed by atoms with Crippen molar-refractivity contribution in [3.05, 3.63) is 47.5 Å². The topological polar surface area (TPSA) is 102 Å². The first-order valence-corrected chi connectivity index (χ1v) is 8.38. The van der Waals surface area contributed by atoms with Gasteiger partial charge in [-0.2, -0.15) is 0 Å². The summed E-state index contributed by atoms with van der Waals surface area (Å²) in [6, 6.07) is 9.10. The normalized spacial score (nSPS) is 18.8. The quantitative estimate of drug-likeness (QED) is 0.456. The van der Waals surface area contributed by atoms with Gasteiger partial charge in [-0.3, -0.25) is 9.59 Å². The first-order valence-electron chi connectivity index (χ1n) is 8.38. The standard InChI is InChI=1S/C20H20O7/c1-25-16-8-11(3-5-14(16)21)7-13-10-27-20(24)18(13)19(23)12-4-6-15(22)17(9-12)26-2/h3-6,8-9,13,18,21-22H,7,10H2,1-2H3/t13-,18-/m0/s1. The van der Waals surface area contributed by atoms with E-state index < -0.39 is 11.9 Å². The van der Waals surface area contributed by atoms with Gasteiger partial charge in [0.2, 0.25) is 0 Å². The van der Waals surface area contributed by atoms with Crippen molar-refractivity contribution in [2.75, 3.05) is 20.8 Å². The SMILES string of the molecule is COc1cc(C[C@H]2COC(=O)[C@@H]2C(=O)c2ccc(O)c(OC)c2)ccc1O. The van der Waals surface area contributed by atoms with Crippen LogP contribution in [0.25, 0.3) is 0 Å². The van der Waals surface area contributed by atoms with Crippen LogP contribution < -0.4 is 9.47 Å². The van der Waals surface area contributed by atoms with Gasteiger partial charge >= 0.3 is 5.97 Å². The Bertz CT molecular complexity index is 875. The van der Waals surface area contributed by atoms with Crippen LogP contribution in [0.4, 0.5) is 0 Å². The molecular formula is C20H20O7. The molecule has 0 saturated carbocycles. The lowest BCUT2D eigenvalue weighted by atomic mass is 9.84. The van der Waals surface area contributed by atoms with Gasteiger partial charge in [0.05, 0.1) is 20.8 Å². The van der Waals surface area contributed by atoms with Gasteiger partial charge in [0.1, 0.15) is 5.92 Å². The minimum atomic E-state index is -0.945. The monoisotopic (exact) mass is 372 g/mol. The van der Waals surface area contributed by atoms with E-state index in [4.69, 9.17) is 14.2 Å². The number of rotatable bonds is 6. The minimum Gasteiger partial charge on any atom is -0.504 e. The van der Waals surface area contributed by atoms with E-state index in [1.54, 1.807) is 12.1 Å². The number of carbonyl (C=O) groups excluding carboxylic acids is 2. The number of carbonyl (C=O) groups is 2. The summed E-state index contributed by atoms with van der Waals surface area (Å²) in [4.78, 5) is 25.1. The van der Waals surface area contributed by atoms with Crippen LogP contribution in [0.5, 0.6) is 23.0 Å². The Kier molecular flexibility index (Phi) is 5.21. The van der Waals surface area contributed by atoms with Gasteiger partial charge in [0, 0.05) is 11.5 Å². The summed E-state index contributed by atoms with van der Waals surface area (Å²) < 4.78 is 15.3. The second kappa shape index (κ2) is 7.57. The van der Waals surface area contributed by atoms with Gasteiger partial charge in [-0.05, 0) is 42.3 Å². The molecule has 2 atom stereocenters. The van der Waals surface area contributed by atoms with Crippen LogP contribution in [-0.4, -0.2) is 42.8 Å². The summed E-state index contributed by atoms with van der Waals surface area (Å²) in [5, 5.41) is 19.4. The summed E-state index contributed by atoms with van der Waals surface area (Å²) in [7, 11) is 2.83. The summed E-state index contributed by atoms with van der Waals surface area (Å²) in [5.41, 5.74) is 1.08. The third-order valence-corrected chi connectivity index (χ3v) is 4.65. The number of hydrogen-bond donors (Lipinski definition) is 2. The number of cyclic esters (lactones) is 1. The molecule has 0 unspecified atom stereocenters. The van der Waals surface area contributed by atoms with Crippen molar-refractivity contribution >= 4 is 11.8 Å². The average molecular weight is 372 g/mol.